The number of likely N-dealkylation sites (tertiary alicyclic amines) is 1. The van der Waals surface area contributed by atoms with Crippen molar-refractivity contribution in [3.05, 3.63) is 23.8 Å². The maximum absolute atomic E-state index is 12.5. The largest absolute Gasteiger partial charge is 0.490 e. The van der Waals surface area contributed by atoms with E-state index in [9.17, 15) is 4.79 Å². The molecule has 5 nitrogen and oxygen atoms in total. The second-order valence-corrected chi connectivity index (χ2v) is 5.92. The van der Waals surface area contributed by atoms with Gasteiger partial charge in [-0.2, -0.15) is 5.26 Å². The number of piperidine rings is 1. The minimum Gasteiger partial charge on any atom is -0.490 e. The fourth-order valence-corrected chi connectivity index (χ4v) is 3.09. The van der Waals surface area contributed by atoms with Crippen molar-refractivity contribution in [1.29, 1.82) is 5.26 Å². The van der Waals surface area contributed by atoms with Gasteiger partial charge in [0.15, 0.2) is 18.1 Å². The Morgan fingerprint density at radius 1 is 1.26 bits per heavy atom. The highest BCUT2D eigenvalue weighted by Crippen LogP contribution is 2.29. The molecular weight excluding hydrogens is 292 g/mol. The van der Waals surface area contributed by atoms with Gasteiger partial charge in [0, 0.05) is 18.2 Å². The van der Waals surface area contributed by atoms with E-state index in [1.54, 1.807) is 18.2 Å². The van der Waals surface area contributed by atoms with Gasteiger partial charge in [0.2, 0.25) is 0 Å². The van der Waals surface area contributed by atoms with Crippen molar-refractivity contribution in [3.8, 4) is 17.6 Å². The highest BCUT2D eigenvalue weighted by molar-refractivity contribution is 5.78. The first kappa shape index (κ1) is 17.1. The van der Waals surface area contributed by atoms with Crippen LogP contribution in [0.4, 0.5) is 0 Å². The van der Waals surface area contributed by atoms with Gasteiger partial charge in [-0.15, -0.1) is 0 Å². The average molecular weight is 316 g/mol. The van der Waals surface area contributed by atoms with E-state index in [0.29, 0.717) is 23.7 Å². The van der Waals surface area contributed by atoms with Gasteiger partial charge in [0.1, 0.15) is 0 Å². The van der Waals surface area contributed by atoms with Crippen LogP contribution in [0.1, 0.15) is 45.6 Å². The van der Waals surface area contributed by atoms with Crippen molar-refractivity contribution < 1.29 is 14.3 Å². The molecule has 1 aromatic carbocycles. The Hall–Kier alpha value is -2.22. The zero-order valence-corrected chi connectivity index (χ0v) is 14.0. The summed E-state index contributed by atoms with van der Waals surface area (Å²) in [6, 6.07) is 7.55. The third-order valence-electron chi connectivity index (χ3n) is 4.21. The second-order valence-electron chi connectivity index (χ2n) is 5.92. The predicted molar refractivity (Wildman–Crippen MR) is 87.4 cm³/mol. The molecule has 1 fully saturated rings. The van der Waals surface area contributed by atoms with E-state index in [2.05, 4.69) is 19.9 Å². The number of benzene rings is 1. The Labute approximate surface area is 137 Å². The van der Waals surface area contributed by atoms with Crippen LogP contribution < -0.4 is 9.47 Å². The number of rotatable bonds is 5. The third kappa shape index (κ3) is 4.16. The van der Waals surface area contributed by atoms with E-state index in [0.717, 1.165) is 19.3 Å². The van der Waals surface area contributed by atoms with E-state index >= 15 is 0 Å². The first-order valence-corrected chi connectivity index (χ1v) is 8.17. The molecule has 1 aromatic rings. The van der Waals surface area contributed by atoms with Gasteiger partial charge in [-0.3, -0.25) is 4.79 Å². The summed E-state index contributed by atoms with van der Waals surface area (Å²) in [4.78, 5) is 14.4. The Bertz CT molecular complexity index is 584. The van der Waals surface area contributed by atoms with Crippen molar-refractivity contribution in [3.63, 3.8) is 0 Å². The summed E-state index contributed by atoms with van der Waals surface area (Å²) in [6.45, 7) is 6.49. The van der Waals surface area contributed by atoms with Crippen LogP contribution in [-0.4, -0.2) is 36.1 Å². The first-order chi connectivity index (χ1) is 11.1. The van der Waals surface area contributed by atoms with Gasteiger partial charge in [-0.1, -0.05) is 0 Å². The molecule has 0 bridgehead atoms. The molecule has 2 rings (SSSR count). The number of nitrogens with zero attached hydrogens (tertiary/aromatic N) is 2. The van der Waals surface area contributed by atoms with Crippen LogP contribution in [0.15, 0.2) is 18.2 Å². The van der Waals surface area contributed by atoms with Crippen LogP contribution >= 0.6 is 0 Å². The fraction of sp³-hybridized carbons (Fsp3) is 0.556. The zero-order valence-electron chi connectivity index (χ0n) is 14.0. The molecule has 1 saturated heterocycles. The maximum Gasteiger partial charge on any atom is 0.260 e. The quantitative estimate of drug-likeness (QED) is 0.837. The Kier molecular flexibility index (Phi) is 5.86. The molecule has 1 amide bonds. The summed E-state index contributed by atoms with van der Waals surface area (Å²) in [6.07, 6.45) is 3.24. The zero-order chi connectivity index (χ0) is 16.8. The molecule has 0 saturated carbocycles. The highest BCUT2D eigenvalue weighted by atomic mass is 16.5. The molecule has 124 valence electrons. The number of amides is 1. The van der Waals surface area contributed by atoms with Crippen molar-refractivity contribution >= 4 is 5.91 Å². The normalized spacial score (nSPS) is 20.7. The van der Waals surface area contributed by atoms with Crippen molar-refractivity contribution in [2.75, 3.05) is 13.2 Å². The Balaban J connectivity index is 2.05. The van der Waals surface area contributed by atoms with Crippen molar-refractivity contribution in [1.82, 2.24) is 4.90 Å². The molecule has 0 radical (unpaired) electrons. The van der Waals surface area contributed by atoms with Crippen LogP contribution in [0.5, 0.6) is 11.5 Å². The minimum atomic E-state index is -0.0132. The van der Waals surface area contributed by atoms with E-state index in [1.165, 1.54) is 0 Å². The van der Waals surface area contributed by atoms with Gasteiger partial charge in [0.05, 0.1) is 18.2 Å². The van der Waals surface area contributed by atoms with Gasteiger partial charge < -0.3 is 14.4 Å². The molecule has 1 heterocycles. The van der Waals surface area contributed by atoms with Crippen LogP contribution in [0.25, 0.3) is 0 Å². The maximum atomic E-state index is 12.5. The standard InChI is InChI=1S/C18H24N2O3/c1-4-22-17-10-15(11-19)8-9-16(17)23-12-18(21)20-13(2)6-5-7-14(20)3/h8-10,13-14H,4-7,12H2,1-3H3. The second kappa shape index (κ2) is 7.87. The number of hydrogen-bond acceptors (Lipinski definition) is 4. The van der Waals surface area contributed by atoms with E-state index in [-0.39, 0.29) is 24.6 Å². The van der Waals surface area contributed by atoms with Crippen molar-refractivity contribution in [2.45, 2.75) is 52.1 Å². The number of ether oxygens (including phenoxy) is 2. The smallest absolute Gasteiger partial charge is 0.260 e. The topological polar surface area (TPSA) is 62.6 Å². The van der Waals surface area contributed by atoms with Crippen LogP contribution in [-0.2, 0) is 4.79 Å². The highest BCUT2D eigenvalue weighted by Gasteiger charge is 2.29. The first-order valence-electron chi connectivity index (χ1n) is 8.17. The summed E-state index contributed by atoms with van der Waals surface area (Å²) in [7, 11) is 0. The lowest BCUT2D eigenvalue weighted by molar-refractivity contribution is -0.139. The molecule has 0 aromatic heterocycles. The number of nitriles is 1. The molecule has 2 atom stereocenters. The Morgan fingerprint density at radius 2 is 1.96 bits per heavy atom. The SMILES string of the molecule is CCOc1cc(C#N)ccc1OCC(=O)N1C(C)CCCC1C. The predicted octanol–water partition coefficient (Wildman–Crippen LogP) is 3.13. The molecule has 23 heavy (non-hydrogen) atoms. The molecule has 0 aliphatic carbocycles. The number of hydrogen-bond donors (Lipinski definition) is 0. The summed E-state index contributed by atoms with van der Waals surface area (Å²) < 4.78 is 11.2. The van der Waals surface area contributed by atoms with E-state index in [1.807, 2.05) is 11.8 Å². The summed E-state index contributed by atoms with van der Waals surface area (Å²) in [5.41, 5.74) is 0.505. The lowest BCUT2D eigenvalue weighted by Crippen LogP contribution is -2.49. The van der Waals surface area contributed by atoms with Gasteiger partial charge in [-0.05, 0) is 52.2 Å². The lowest BCUT2D eigenvalue weighted by atomic mass is 9.97. The lowest BCUT2D eigenvalue weighted by Gasteiger charge is -2.39. The van der Waals surface area contributed by atoms with Crippen LogP contribution in [0, 0.1) is 11.3 Å². The van der Waals surface area contributed by atoms with Crippen LogP contribution in [0.3, 0.4) is 0 Å². The molecule has 1 aliphatic heterocycles. The monoisotopic (exact) mass is 316 g/mol. The fourth-order valence-electron chi connectivity index (χ4n) is 3.09. The van der Waals surface area contributed by atoms with E-state index in [4.69, 9.17) is 14.7 Å². The van der Waals surface area contributed by atoms with Gasteiger partial charge in [0.25, 0.3) is 5.91 Å². The van der Waals surface area contributed by atoms with Gasteiger partial charge in [-0.25, -0.2) is 0 Å². The average Bonchev–Trinajstić information content (AvgIpc) is 2.53. The third-order valence-corrected chi connectivity index (χ3v) is 4.21. The van der Waals surface area contributed by atoms with Gasteiger partial charge >= 0.3 is 0 Å². The minimum absolute atomic E-state index is 0.00323. The summed E-state index contributed by atoms with van der Waals surface area (Å²) in [5, 5.41) is 8.96. The van der Waals surface area contributed by atoms with E-state index < -0.39 is 0 Å². The molecule has 1 aliphatic rings. The molecular formula is C18H24N2O3. The number of carbonyl (C=O) groups excluding carboxylic acids is 1. The molecule has 0 N–H and O–H groups in total. The summed E-state index contributed by atoms with van der Waals surface area (Å²) >= 11 is 0. The molecule has 0 spiro atoms. The van der Waals surface area contributed by atoms with Crippen molar-refractivity contribution in [2.24, 2.45) is 0 Å². The van der Waals surface area contributed by atoms with Crippen LogP contribution in [0.2, 0.25) is 0 Å². The number of carbonyl (C=O) groups is 1. The summed E-state index contributed by atoms with van der Waals surface area (Å²) in [5.74, 6) is 0.993. The molecule has 2 unspecified atom stereocenters. The molecule has 5 heteroatoms. The Morgan fingerprint density at radius 3 is 2.57 bits per heavy atom.